The number of hydrogen-bond donors (Lipinski definition) is 2. The summed E-state index contributed by atoms with van der Waals surface area (Å²) in [4.78, 5) is 23.3. The molecule has 0 spiro atoms. The summed E-state index contributed by atoms with van der Waals surface area (Å²) in [5, 5.41) is 14.7. The minimum absolute atomic E-state index is 0.0309. The molecule has 2 heterocycles. The Hall–Kier alpha value is -2.99. The number of amides is 2. The summed E-state index contributed by atoms with van der Waals surface area (Å²) in [6, 6.07) is 5.62. The number of rotatable bonds is 7. The molecule has 12 heteroatoms. The highest BCUT2D eigenvalue weighted by atomic mass is 32.2. The Balaban J connectivity index is 1.76. The van der Waals surface area contributed by atoms with Crippen molar-refractivity contribution in [2.75, 3.05) is 18.2 Å². The van der Waals surface area contributed by atoms with Crippen LogP contribution < -0.4 is 15.8 Å². The number of carbonyl (C=O) groups is 2. The van der Waals surface area contributed by atoms with Crippen LogP contribution in [0.5, 0.6) is 5.75 Å². The summed E-state index contributed by atoms with van der Waals surface area (Å²) in [7, 11) is 1.41. The molecular formula is C15H13FN6O3S2. The quantitative estimate of drug-likeness (QED) is 0.450. The summed E-state index contributed by atoms with van der Waals surface area (Å²) in [6.45, 7) is 0. The molecular weight excluding hydrogens is 395 g/mol. The van der Waals surface area contributed by atoms with Crippen LogP contribution in [0.2, 0.25) is 0 Å². The fraction of sp³-hybridized carbons (Fsp3) is 0.133. The maximum absolute atomic E-state index is 13.1. The van der Waals surface area contributed by atoms with Gasteiger partial charge in [-0.25, -0.2) is 9.07 Å². The first-order valence-corrected chi connectivity index (χ1v) is 9.22. The third-order valence-electron chi connectivity index (χ3n) is 3.17. The molecule has 0 saturated heterocycles. The highest BCUT2D eigenvalue weighted by Crippen LogP contribution is 2.26. The van der Waals surface area contributed by atoms with Crippen molar-refractivity contribution in [3.05, 3.63) is 42.0 Å². The number of ether oxygens (including phenoxy) is 1. The van der Waals surface area contributed by atoms with Crippen LogP contribution in [-0.4, -0.2) is 44.7 Å². The van der Waals surface area contributed by atoms with Crippen molar-refractivity contribution < 1.29 is 18.7 Å². The molecule has 3 rings (SSSR count). The van der Waals surface area contributed by atoms with Gasteiger partial charge in [0.25, 0.3) is 5.91 Å². The fourth-order valence-electron chi connectivity index (χ4n) is 2.00. The third kappa shape index (κ3) is 4.60. The van der Waals surface area contributed by atoms with Gasteiger partial charge in [0, 0.05) is 0 Å². The highest BCUT2D eigenvalue weighted by Gasteiger charge is 2.20. The minimum Gasteiger partial charge on any atom is -0.493 e. The Morgan fingerprint density at radius 1 is 1.33 bits per heavy atom. The van der Waals surface area contributed by atoms with Crippen molar-refractivity contribution in [1.82, 2.24) is 20.0 Å². The number of nitrogens with zero attached hydrogens (tertiary/aromatic N) is 4. The van der Waals surface area contributed by atoms with Crippen molar-refractivity contribution in [3.8, 4) is 11.4 Å². The Morgan fingerprint density at radius 2 is 2.07 bits per heavy atom. The van der Waals surface area contributed by atoms with Crippen molar-refractivity contribution in [2.45, 2.75) is 4.34 Å². The number of benzene rings is 1. The number of thioether (sulfide) groups is 1. The Kier molecular flexibility index (Phi) is 5.66. The first kappa shape index (κ1) is 18.8. The van der Waals surface area contributed by atoms with E-state index in [1.54, 1.807) is 0 Å². The molecule has 1 aromatic carbocycles. The van der Waals surface area contributed by atoms with Crippen molar-refractivity contribution in [1.29, 1.82) is 0 Å². The van der Waals surface area contributed by atoms with E-state index in [0.29, 0.717) is 10.0 Å². The van der Waals surface area contributed by atoms with Gasteiger partial charge in [-0.15, -0.1) is 10.2 Å². The van der Waals surface area contributed by atoms with Gasteiger partial charge < -0.3 is 10.5 Å². The van der Waals surface area contributed by atoms with Crippen molar-refractivity contribution in [2.24, 2.45) is 5.73 Å². The van der Waals surface area contributed by atoms with Gasteiger partial charge in [0.1, 0.15) is 5.82 Å². The van der Waals surface area contributed by atoms with E-state index >= 15 is 0 Å². The first-order chi connectivity index (χ1) is 13.0. The Morgan fingerprint density at radius 3 is 2.74 bits per heavy atom. The average Bonchev–Trinajstić information content (AvgIpc) is 3.27. The molecule has 3 N–H and O–H groups in total. The summed E-state index contributed by atoms with van der Waals surface area (Å²) in [5.74, 6) is -1.09. The number of anilines is 1. The van der Waals surface area contributed by atoms with E-state index in [4.69, 9.17) is 10.5 Å². The molecule has 0 aliphatic carbocycles. The fourth-order valence-corrected chi connectivity index (χ4v) is 3.48. The Bertz CT molecular complexity index is 972. The molecule has 2 aromatic heterocycles. The van der Waals surface area contributed by atoms with Crippen molar-refractivity contribution >= 4 is 40.0 Å². The van der Waals surface area contributed by atoms with Crippen LogP contribution in [0.25, 0.3) is 5.69 Å². The lowest BCUT2D eigenvalue weighted by Gasteiger charge is -2.00. The molecule has 0 aliphatic heterocycles. The minimum atomic E-state index is -0.546. The predicted molar refractivity (Wildman–Crippen MR) is 97.9 cm³/mol. The van der Waals surface area contributed by atoms with Crippen LogP contribution in [0, 0.1) is 5.82 Å². The van der Waals surface area contributed by atoms with Crippen LogP contribution in [0.1, 0.15) is 10.5 Å². The van der Waals surface area contributed by atoms with E-state index in [-0.39, 0.29) is 28.1 Å². The smallest absolute Gasteiger partial charge is 0.281 e. The van der Waals surface area contributed by atoms with E-state index in [9.17, 15) is 14.0 Å². The molecule has 140 valence electrons. The van der Waals surface area contributed by atoms with E-state index in [2.05, 4.69) is 20.6 Å². The SMILES string of the molecule is COc1cn(-c2ccc(F)cc2)nc1C(=O)Nc1nnc(SCC(N)=O)s1. The maximum atomic E-state index is 13.1. The lowest BCUT2D eigenvalue weighted by atomic mass is 10.3. The zero-order valence-electron chi connectivity index (χ0n) is 13.9. The monoisotopic (exact) mass is 408 g/mol. The average molecular weight is 408 g/mol. The number of hydrogen-bond acceptors (Lipinski definition) is 8. The molecule has 0 unspecified atom stereocenters. The van der Waals surface area contributed by atoms with Crippen LogP contribution in [0.15, 0.2) is 34.8 Å². The number of aromatic nitrogens is 4. The molecule has 0 radical (unpaired) electrons. The van der Waals surface area contributed by atoms with Gasteiger partial charge in [0.15, 0.2) is 15.8 Å². The third-order valence-corrected chi connectivity index (χ3v) is 5.17. The molecule has 0 bridgehead atoms. The molecule has 9 nitrogen and oxygen atoms in total. The summed E-state index contributed by atoms with van der Waals surface area (Å²) in [6.07, 6.45) is 1.51. The van der Waals surface area contributed by atoms with E-state index in [1.807, 2.05) is 0 Å². The van der Waals surface area contributed by atoms with Gasteiger partial charge in [-0.05, 0) is 24.3 Å². The van der Waals surface area contributed by atoms with Gasteiger partial charge in [0.05, 0.1) is 24.7 Å². The lowest BCUT2D eigenvalue weighted by Crippen LogP contribution is -2.14. The standard InChI is InChI=1S/C15H13FN6O3S2/c1-25-10-6-22(9-4-2-8(16)3-5-9)21-12(10)13(24)18-14-19-20-15(27-14)26-7-11(17)23/h2-6H,7H2,1H3,(H2,17,23)(H,18,19,24). The van der Waals surface area contributed by atoms with Crippen LogP contribution in [-0.2, 0) is 4.79 Å². The van der Waals surface area contributed by atoms with E-state index < -0.39 is 11.8 Å². The Labute approximate surface area is 160 Å². The summed E-state index contributed by atoms with van der Waals surface area (Å²) >= 11 is 2.23. The molecule has 0 atom stereocenters. The van der Waals surface area contributed by atoms with E-state index in [1.165, 1.54) is 42.3 Å². The first-order valence-electron chi connectivity index (χ1n) is 7.42. The van der Waals surface area contributed by atoms with Gasteiger partial charge in [-0.2, -0.15) is 5.10 Å². The second-order valence-corrected chi connectivity index (χ2v) is 7.25. The topological polar surface area (TPSA) is 125 Å². The molecule has 0 fully saturated rings. The zero-order valence-corrected chi connectivity index (χ0v) is 15.5. The van der Waals surface area contributed by atoms with Crippen LogP contribution in [0.4, 0.5) is 9.52 Å². The lowest BCUT2D eigenvalue weighted by molar-refractivity contribution is -0.115. The van der Waals surface area contributed by atoms with Gasteiger partial charge >= 0.3 is 0 Å². The number of carbonyl (C=O) groups excluding carboxylic acids is 2. The predicted octanol–water partition coefficient (Wildman–Crippen LogP) is 1.70. The number of halogens is 1. The molecule has 27 heavy (non-hydrogen) atoms. The number of methoxy groups -OCH3 is 1. The summed E-state index contributed by atoms with van der Waals surface area (Å²) in [5.41, 5.74) is 5.67. The van der Waals surface area contributed by atoms with E-state index in [0.717, 1.165) is 23.1 Å². The highest BCUT2D eigenvalue weighted by molar-refractivity contribution is 8.01. The van der Waals surface area contributed by atoms with Crippen LogP contribution >= 0.6 is 23.1 Å². The normalized spacial score (nSPS) is 10.6. The molecule has 3 aromatic rings. The van der Waals surface area contributed by atoms with Gasteiger partial charge in [0.2, 0.25) is 11.0 Å². The molecule has 0 aliphatic rings. The number of nitrogens with two attached hydrogens (primary N) is 1. The molecule has 2 amide bonds. The van der Waals surface area contributed by atoms with Crippen molar-refractivity contribution in [3.63, 3.8) is 0 Å². The number of primary amides is 1. The largest absolute Gasteiger partial charge is 0.493 e. The second-order valence-electron chi connectivity index (χ2n) is 5.05. The zero-order chi connectivity index (χ0) is 19.4. The summed E-state index contributed by atoms with van der Waals surface area (Å²) < 4.78 is 20.2. The van der Waals surface area contributed by atoms with Crippen LogP contribution in [0.3, 0.4) is 0 Å². The number of nitrogens with one attached hydrogen (secondary N) is 1. The van der Waals surface area contributed by atoms with Gasteiger partial charge in [-0.1, -0.05) is 23.1 Å². The maximum Gasteiger partial charge on any atom is 0.281 e. The molecule has 0 saturated carbocycles. The van der Waals surface area contributed by atoms with Gasteiger partial charge in [-0.3, -0.25) is 14.9 Å². The second kappa shape index (κ2) is 8.14.